The molecule has 1 heterocycles. The lowest BCUT2D eigenvalue weighted by Crippen LogP contribution is -2.24. The third kappa shape index (κ3) is 4.55. The molecular formula is C8H12ClN3O2S. The molecule has 1 amide bonds. The summed E-state index contributed by atoms with van der Waals surface area (Å²) in [6, 6.07) is 0. The Kier molecular flexibility index (Phi) is 4.93. The van der Waals surface area contributed by atoms with E-state index in [1.807, 2.05) is 0 Å². The van der Waals surface area contributed by atoms with Gasteiger partial charge in [0.05, 0.1) is 6.10 Å². The lowest BCUT2D eigenvalue weighted by molar-refractivity contribution is 0.0948. The SMILES string of the molecule is CC(O)CCCNC(=O)c1nnc(Cl)s1. The Labute approximate surface area is 96.5 Å². The molecule has 15 heavy (non-hydrogen) atoms. The van der Waals surface area contributed by atoms with Crippen LogP contribution >= 0.6 is 22.9 Å². The van der Waals surface area contributed by atoms with Gasteiger partial charge in [0.1, 0.15) is 0 Å². The molecule has 1 atom stereocenters. The molecule has 1 unspecified atom stereocenters. The number of nitrogens with one attached hydrogen (secondary N) is 1. The van der Waals surface area contributed by atoms with E-state index >= 15 is 0 Å². The van der Waals surface area contributed by atoms with Crippen LogP contribution in [0.25, 0.3) is 0 Å². The molecule has 0 saturated carbocycles. The van der Waals surface area contributed by atoms with E-state index in [0.717, 1.165) is 17.8 Å². The number of nitrogens with zero attached hydrogens (tertiary/aromatic N) is 2. The van der Waals surface area contributed by atoms with Crippen LogP contribution in [0.2, 0.25) is 4.47 Å². The minimum absolute atomic E-state index is 0.254. The number of carbonyl (C=O) groups excluding carboxylic acids is 1. The summed E-state index contributed by atoms with van der Waals surface area (Å²) in [5, 5.41) is 19.0. The number of amides is 1. The minimum Gasteiger partial charge on any atom is -0.393 e. The average Bonchev–Trinajstić information content (AvgIpc) is 2.59. The number of rotatable bonds is 5. The molecule has 0 bridgehead atoms. The highest BCUT2D eigenvalue weighted by Crippen LogP contribution is 2.14. The van der Waals surface area contributed by atoms with Crippen molar-refractivity contribution in [1.29, 1.82) is 0 Å². The molecule has 1 aromatic rings. The number of aliphatic hydroxyl groups excluding tert-OH is 1. The van der Waals surface area contributed by atoms with Crippen LogP contribution in [0.15, 0.2) is 0 Å². The number of aromatic nitrogens is 2. The maximum atomic E-state index is 11.4. The fourth-order valence-corrected chi connectivity index (χ4v) is 1.72. The molecule has 1 aromatic heterocycles. The second kappa shape index (κ2) is 5.99. The lowest BCUT2D eigenvalue weighted by Gasteiger charge is -2.04. The fraction of sp³-hybridized carbons (Fsp3) is 0.625. The Morgan fingerprint density at radius 2 is 2.40 bits per heavy atom. The fourth-order valence-electron chi connectivity index (χ4n) is 0.972. The Hall–Kier alpha value is -0.720. The topological polar surface area (TPSA) is 75.1 Å². The van der Waals surface area contributed by atoms with Crippen molar-refractivity contribution in [2.45, 2.75) is 25.9 Å². The van der Waals surface area contributed by atoms with E-state index in [1.165, 1.54) is 0 Å². The van der Waals surface area contributed by atoms with Crippen LogP contribution < -0.4 is 5.32 Å². The quantitative estimate of drug-likeness (QED) is 0.766. The van der Waals surface area contributed by atoms with Crippen molar-refractivity contribution in [3.63, 3.8) is 0 Å². The van der Waals surface area contributed by atoms with Gasteiger partial charge in [0.15, 0.2) is 0 Å². The number of hydrogen-bond acceptors (Lipinski definition) is 5. The van der Waals surface area contributed by atoms with Crippen LogP contribution in [0.1, 0.15) is 29.6 Å². The molecular weight excluding hydrogens is 238 g/mol. The second-order valence-electron chi connectivity index (χ2n) is 3.11. The standard InChI is InChI=1S/C8H12ClN3O2S/c1-5(13)3-2-4-10-6(14)7-11-12-8(9)15-7/h5,13H,2-4H2,1H3,(H,10,14). The van der Waals surface area contributed by atoms with Gasteiger partial charge in [0.25, 0.3) is 5.91 Å². The van der Waals surface area contributed by atoms with Crippen LogP contribution in [0, 0.1) is 0 Å². The Balaban J connectivity index is 2.25. The highest BCUT2D eigenvalue weighted by atomic mass is 35.5. The van der Waals surface area contributed by atoms with Gasteiger partial charge in [-0.3, -0.25) is 4.79 Å². The third-order valence-corrected chi connectivity index (χ3v) is 2.70. The zero-order chi connectivity index (χ0) is 11.3. The van der Waals surface area contributed by atoms with Gasteiger partial charge in [0, 0.05) is 6.54 Å². The zero-order valence-electron chi connectivity index (χ0n) is 8.23. The molecule has 7 heteroatoms. The van der Waals surface area contributed by atoms with Gasteiger partial charge in [0.2, 0.25) is 9.47 Å². The minimum atomic E-state index is -0.335. The van der Waals surface area contributed by atoms with Gasteiger partial charge in [-0.1, -0.05) is 11.3 Å². The molecule has 0 fully saturated rings. The van der Waals surface area contributed by atoms with E-state index in [1.54, 1.807) is 6.92 Å². The normalized spacial score (nSPS) is 12.5. The van der Waals surface area contributed by atoms with Crippen molar-refractivity contribution in [2.24, 2.45) is 0 Å². The summed E-state index contributed by atoms with van der Waals surface area (Å²) in [7, 11) is 0. The van der Waals surface area contributed by atoms with Crippen molar-refractivity contribution in [2.75, 3.05) is 6.54 Å². The molecule has 0 saturated heterocycles. The summed E-state index contributed by atoms with van der Waals surface area (Å²) >= 11 is 6.58. The van der Waals surface area contributed by atoms with E-state index in [0.29, 0.717) is 13.0 Å². The molecule has 0 aliphatic carbocycles. The van der Waals surface area contributed by atoms with Crippen LogP contribution in [0.5, 0.6) is 0 Å². The first kappa shape index (κ1) is 12.4. The van der Waals surface area contributed by atoms with Crippen molar-refractivity contribution < 1.29 is 9.90 Å². The Morgan fingerprint density at radius 3 is 2.93 bits per heavy atom. The molecule has 0 aliphatic heterocycles. The largest absolute Gasteiger partial charge is 0.393 e. The number of hydrogen-bond donors (Lipinski definition) is 2. The van der Waals surface area contributed by atoms with Crippen molar-refractivity contribution >= 4 is 28.8 Å². The first-order valence-electron chi connectivity index (χ1n) is 4.55. The van der Waals surface area contributed by atoms with Crippen molar-refractivity contribution in [3.8, 4) is 0 Å². The summed E-state index contributed by atoms with van der Waals surface area (Å²) in [6.45, 7) is 2.23. The monoisotopic (exact) mass is 249 g/mol. The molecule has 0 aliphatic rings. The summed E-state index contributed by atoms with van der Waals surface area (Å²) in [5.74, 6) is -0.273. The average molecular weight is 250 g/mol. The predicted molar refractivity (Wildman–Crippen MR) is 58.2 cm³/mol. The molecule has 2 N–H and O–H groups in total. The second-order valence-corrected chi connectivity index (χ2v) is 4.67. The highest BCUT2D eigenvalue weighted by molar-refractivity contribution is 7.17. The number of aliphatic hydroxyl groups is 1. The Morgan fingerprint density at radius 1 is 1.67 bits per heavy atom. The third-order valence-electron chi connectivity index (χ3n) is 1.68. The van der Waals surface area contributed by atoms with Crippen molar-refractivity contribution in [3.05, 3.63) is 9.47 Å². The molecule has 0 radical (unpaired) electrons. The zero-order valence-corrected chi connectivity index (χ0v) is 9.81. The highest BCUT2D eigenvalue weighted by Gasteiger charge is 2.10. The van der Waals surface area contributed by atoms with E-state index in [2.05, 4.69) is 15.5 Å². The lowest BCUT2D eigenvalue weighted by atomic mass is 10.2. The van der Waals surface area contributed by atoms with Crippen molar-refractivity contribution in [1.82, 2.24) is 15.5 Å². The first-order chi connectivity index (χ1) is 7.09. The van der Waals surface area contributed by atoms with Gasteiger partial charge in [-0.05, 0) is 31.4 Å². The predicted octanol–water partition coefficient (Wildman–Crippen LogP) is 1.08. The number of halogens is 1. The van der Waals surface area contributed by atoms with Gasteiger partial charge in [-0.15, -0.1) is 10.2 Å². The van der Waals surface area contributed by atoms with Crippen LogP contribution in [0.3, 0.4) is 0 Å². The van der Waals surface area contributed by atoms with Gasteiger partial charge in [-0.25, -0.2) is 0 Å². The van der Waals surface area contributed by atoms with E-state index in [-0.39, 0.29) is 21.5 Å². The van der Waals surface area contributed by atoms with Crippen LogP contribution in [-0.4, -0.2) is 33.9 Å². The molecule has 1 rings (SSSR count). The first-order valence-corrected chi connectivity index (χ1v) is 5.74. The molecule has 84 valence electrons. The van der Waals surface area contributed by atoms with Crippen LogP contribution in [0.4, 0.5) is 0 Å². The summed E-state index contributed by atoms with van der Waals surface area (Å²) < 4.78 is 0.254. The van der Waals surface area contributed by atoms with E-state index in [4.69, 9.17) is 16.7 Å². The molecule has 5 nitrogen and oxygen atoms in total. The maximum absolute atomic E-state index is 11.4. The smallest absolute Gasteiger partial charge is 0.282 e. The van der Waals surface area contributed by atoms with Gasteiger partial charge >= 0.3 is 0 Å². The van der Waals surface area contributed by atoms with Gasteiger partial charge < -0.3 is 10.4 Å². The molecule has 0 aromatic carbocycles. The summed E-state index contributed by atoms with van der Waals surface area (Å²) in [6.07, 6.45) is 1.06. The Bertz CT molecular complexity index is 329. The number of carbonyl (C=O) groups is 1. The summed E-state index contributed by atoms with van der Waals surface area (Å²) in [5.41, 5.74) is 0. The maximum Gasteiger partial charge on any atom is 0.282 e. The van der Waals surface area contributed by atoms with E-state index < -0.39 is 0 Å². The molecule has 0 spiro atoms. The van der Waals surface area contributed by atoms with Gasteiger partial charge in [-0.2, -0.15) is 0 Å². The summed E-state index contributed by atoms with van der Waals surface area (Å²) in [4.78, 5) is 11.4. The van der Waals surface area contributed by atoms with Crippen LogP contribution in [-0.2, 0) is 0 Å². The van der Waals surface area contributed by atoms with E-state index in [9.17, 15) is 4.79 Å².